The minimum atomic E-state index is -0.0984. The van der Waals surface area contributed by atoms with Gasteiger partial charge in [0.25, 0.3) is 0 Å². The minimum Gasteiger partial charge on any atom is -0.356 e. The second-order valence-electron chi connectivity index (χ2n) is 7.02. The lowest BCUT2D eigenvalue weighted by molar-refractivity contribution is 0.176. The number of aliphatic imine (C=N–C) groups is 1. The third-order valence-corrected chi connectivity index (χ3v) is 6.02. The molecule has 0 saturated carbocycles. The van der Waals surface area contributed by atoms with Gasteiger partial charge in [-0.1, -0.05) is 24.3 Å². The molecule has 1 aliphatic heterocycles. The molecule has 0 unspecified atom stereocenters. The summed E-state index contributed by atoms with van der Waals surface area (Å²) >= 11 is 1.79. The van der Waals surface area contributed by atoms with Crippen molar-refractivity contribution in [2.75, 3.05) is 33.2 Å². The number of halogens is 2. The van der Waals surface area contributed by atoms with E-state index in [1.54, 1.807) is 23.5 Å². The van der Waals surface area contributed by atoms with Gasteiger partial charge in [0.05, 0.1) is 0 Å². The largest absolute Gasteiger partial charge is 0.356 e. The van der Waals surface area contributed by atoms with E-state index in [9.17, 15) is 4.39 Å². The molecule has 0 radical (unpaired) electrons. The molecule has 7 heteroatoms. The van der Waals surface area contributed by atoms with Gasteiger partial charge in [0.15, 0.2) is 5.96 Å². The van der Waals surface area contributed by atoms with Gasteiger partial charge in [-0.15, -0.1) is 35.3 Å². The summed E-state index contributed by atoms with van der Waals surface area (Å²) < 4.78 is 13.8. The SMILES string of the molecule is CN=C(NCCc1cccs1)NCC1CCN(Cc2ccccc2F)CC1.I. The van der Waals surface area contributed by atoms with E-state index >= 15 is 0 Å². The van der Waals surface area contributed by atoms with Gasteiger partial charge in [-0.3, -0.25) is 9.89 Å². The lowest BCUT2D eigenvalue weighted by atomic mass is 9.96. The first kappa shape index (κ1) is 23.1. The Morgan fingerprint density at radius 2 is 1.96 bits per heavy atom. The molecule has 1 fully saturated rings. The molecule has 1 saturated heterocycles. The molecule has 0 amide bonds. The van der Waals surface area contributed by atoms with Crippen molar-refractivity contribution in [3.8, 4) is 0 Å². The smallest absolute Gasteiger partial charge is 0.190 e. The van der Waals surface area contributed by atoms with Crippen LogP contribution in [0.25, 0.3) is 0 Å². The van der Waals surface area contributed by atoms with Crippen LogP contribution in [0.3, 0.4) is 0 Å². The minimum absolute atomic E-state index is 0. The second kappa shape index (κ2) is 12.4. The maximum absolute atomic E-state index is 13.8. The van der Waals surface area contributed by atoms with Gasteiger partial charge in [0, 0.05) is 37.1 Å². The highest BCUT2D eigenvalue weighted by Crippen LogP contribution is 2.19. The molecular formula is C21H30FIN4S. The number of nitrogens with one attached hydrogen (secondary N) is 2. The normalized spacial score (nSPS) is 15.9. The monoisotopic (exact) mass is 516 g/mol. The Morgan fingerprint density at radius 1 is 1.18 bits per heavy atom. The molecular weight excluding hydrogens is 486 g/mol. The van der Waals surface area contributed by atoms with Gasteiger partial charge >= 0.3 is 0 Å². The molecule has 3 rings (SSSR count). The number of hydrogen-bond acceptors (Lipinski definition) is 3. The first-order chi connectivity index (χ1) is 13.2. The highest BCUT2D eigenvalue weighted by molar-refractivity contribution is 14.0. The molecule has 1 aromatic heterocycles. The number of benzene rings is 1. The average Bonchev–Trinajstić information content (AvgIpc) is 3.21. The fraction of sp³-hybridized carbons (Fsp3) is 0.476. The van der Waals surface area contributed by atoms with Crippen LogP contribution >= 0.6 is 35.3 Å². The van der Waals surface area contributed by atoms with Gasteiger partial charge < -0.3 is 10.6 Å². The van der Waals surface area contributed by atoms with Crippen LogP contribution in [-0.4, -0.2) is 44.1 Å². The topological polar surface area (TPSA) is 39.7 Å². The third kappa shape index (κ3) is 7.33. The van der Waals surface area contributed by atoms with E-state index in [0.29, 0.717) is 12.5 Å². The Bertz CT molecular complexity index is 715. The van der Waals surface area contributed by atoms with E-state index < -0.39 is 0 Å². The van der Waals surface area contributed by atoms with Crippen LogP contribution in [-0.2, 0) is 13.0 Å². The van der Waals surface area contributed by atoms with E-state index in [1.807, 2.05) is 19.2 Å². The lowest BCUT2D eigenvalue weighted by Gasteiger charge is -2.32. The van der Waals surface area contributed by atoms with Crippen molar-refractivity contribution in [2.24, 2.45) is 10.9 Å². The van der Waals surface area contributed by atoms with Crippen LogP contribution < -0.4 is 10.6 Å². The molecule has 0 aliphatic carbocycles. The van der Waals surface area contributed by atoms with Crippen LogP contribution in [0, 0.1) is 11.7 Å². The van der Waals surface area contributed by atoms with E-state index in [1.165, 1.54) is 4.88 Å². The molecule has 0 spiro atoms. The zero-order valence-electron chi connectivity index (χ0n) is 16.4. The summed E-state index contributed by atoms with van der Waals surface area (Å²) in [6.07, 6.45) is 3.29. The number of rotatable bonds is 7. The summed E-state index contributed by atoms with van der Waals surface area (Å²) in [6, 6.07) is 11.3. The molecule has 154 valence electrons. The van der Waals surface area contributed by atoms with Crippen molar-refractivity contribution in [1.29, 1.82) is 0 Å². The summed E-state index contributed by atoms with van der Waals surface area (Å²) in [5, 5.41) is 8.96. The maximum atomic E-state index is 13.8. The van der Waals surface area contributed by atoms with Gasteiger partial charge in [0.1, 0.15) is 5.82 Å². The molecule has 1 aromatic carbocycles. The zero-order valence-corrected chi connectivity index (χ0v) is 19.5. The highest BCUT2D eigenvalue weighted by Gasteiger charge is 2.20. The first-order valence-corrected chi connectivity index (χ1v) is 10.5. The van der Waals surface area contributed by atoms with E-state index in [0.717, 1.165) is 57.0 Å². The van der Waals surface area contributed by atoms with Crippen molar-refractivity contribution in [3.05, 3.63) is 58.0 Å². The summed E-state index contributed by atoms with van der Waals surface area (Å²) in [5.41, 5.74) is 0.796. The van der Waals surface area contributed by atoms with Crippen molar-refractivity contribution >= 4 is 41.3 Å². The second-order valence-corrected chi connectivity index (χ2v) is 8.05. The van der Waals surface area contributed by atoms with Gasteiger partial charge in [-0.25, -0.2) is 4.39 Å². The van der Waals surface area contributed by atoms with Crippen LogP contribution in [0.2, 0.25) is 0 Å². The number of hydrogen-bond donors (Lipinski definition) is 2. The van der Waals surface area contributed by atoms with E-state index in [-0.39, 0.29) is 29.8 Å². The quantitative estimate of drug-likeness (QED) is 0.331. The van der Waals surface area contributed by atoms with Crippen LogP contribution in [0.15, 0.2) is 46.8 Å². The Kier molecular flexibility index (Phi) is 10.2. The molecule has 0 atom stereocenters. The van der Waals surface area contributed by atoms with Crippen LogP contribution in [0.4, 0.5) is 4.39 Å². The Labute approximate surface area is 188 Å². The van der Waals surface area contributed by atoms with Crippen molar-refractivity contribution in [3.63, 3.8) is 0 Å². The molecule has 28 heavy (non-hydrogen) atoms. The summed E-state index contributed by atoms with van der Waals surface area (Å²) in [5.74, 6) is 1.41. The number of nitrogens with zero attached hydrogens (tertiary/aromatic N) is 2. The number of thiophene rings is 1. The molecule has 0 bridgehead atoms. The predicted octanol–water partition coefficient (Wildman–Crippen LogP) is 4.12. The number of guanidine groups is 1. The van der Waals surface area contributed by atoms with Gasteiger partial charge in [-0.05, 0) is 55.8 Å². The van der Waals surface area contributed by atoms with Crippen LogP contribution in [0.5, 0.6) is 0 Å². The Morgan fingerprint density at radius 3 is 2.64 bits per heavy atom. The third-order valence-electron chi connectivity index (χ3n) is 5.08. The zero-order chi connectivity index (χ0) is 18.9. The molecule has 2 aromatic rings. The van der Waals surface area contributed by atoms with Gasteiger partial charge in [-0.2, -0.15) is 0 Å². The highest BCUT2D eigenvalue weighted by atomic mass is 127. The molecule has 1 aliphatic rings. The predicted molar refractivity (Wildman–Crippen MR) is 127 cm³/mol. The molecule has 2 heterocycles. The fourth-order valence-corrected chi connectivity index (χ4v) is 4.15. The Hall–Kier alpha value is -1.19. The van der Waals surface area contributed by atoms with Crippen molar-refractivity contribution in [1.82, 2.24) is 15.5 Å². The maximum Gasteiger partial charge on any atom is 0.190 e. The van der Waals surface area contributed by atoms with Crippen molar-refractivity contribution in [2.45, 2.75) is 25.8 Å². The fourth-order valence-electron chi connectivity index (χ4n) is 3.44. The summed E-state index contributed by atoms with van der Waals surface area (Å²) in [7, 11) is 1.82. The number of likely N-dealkylation sites (tertiary alicyclic amines) is 1. The average molecular weight is 516 g/mol. The standard InChI is InChI=1S/C21H29FN4S.HI/c1-23-21(24-11-8-19-6-4-14-27-19)25-15-17-9-12-26(13-10-17)16-18-5-2-3-7-20(18)22;/h2-7,14,17H,8-13,15-16H2,1H3,(H2,23,24,25);1H. The van der Waals surface area contributed by atoms with E-state index in [2.05, 4.69) is 38.0 Å². The number of piperidine rings is 1. The lowest BCUT2D eigenvalue weighted by Crippen LogP contribution is -2.43. The van der Waals surface area contributed by atoms with Gasteiger partial charge in [0.2, 0.25) is 0 Å². The van der Waals surface area contributed by atoms with Crippen molar-refractivity contribution < 1.29 is 4.39 Å². The molecule has 2 N–H and O–H groups in total. The first-order valence-electron chi connectivity index (χ1n) is 9.67. The van der Waals surface area contributed by atoms with E-state index in [4.69, 9.17) is 0 Å². The summed E-state index contributed by atoms with van der Waals surface area (Å²) in [6.45, 7) is 4.57. The van der Waals surface area contributed by atoms with Crippen LogP contribution in [0.1, 0.15) is 23.3 Å². The molecule has 4 nitrogen and oxygen atoms in total. The summed E-state index contributed by atoms with van der Waals surface area (Å²) in [4.78, 5) is 8.06. The Balaban J connectivity index is 0.00000280.